The molecular formula is C18H15ClF4N2O4S. The van der Waals surface area contributed by atoms with Crippen LogP contribution in [0.5, 0.6) is 0 Å². The highest BCUT2D eigenvalue weighted by Crippen LogP contribution is 2.33. The molecule has 2 N–H and O–H groups in total. The van der Waals surface area contributed by atoms with E-state index in [2.05, 4.69) is 0 Å². The fourth-order valence-corrected chi connectivity index (χ4v) is 3.97. The second-order valence-electron chi connectivity index (χ2n) is 6.31. The van der Waals surface area contributed by atoms with Crippen molar-refractivity contribution in [2.45, 2.75) is 23.6 Å². The van der Waals surface area contributed by atoms with E-state index in [0.29, 0.717) is 6.07 Å². The average Bonchev–Trinajstić information content (AvgIpc) is 2.60. The van der Waals surface area contributed by atoms with E-state index in [1.165, 1.54) is 6.07 Å². The number of halogens is 5. The zero-order valence-electron chi connectivity index (χ0n) is 15.2. The lowest BCUT2D eigenvalue weighted by Gasteiger charge is -2.22. The minimum atomic E-state index is -4.86. The third-order valence-electron chi connectivity index (χ3n) is 3.84. The topological polar surface area (TPSA) is 107 Å². The number of carbonyl (C=O) groups excluding carboxylic acids is 1. The summed E-state index contributed by atoms with van der Waals surface area (Å²) in [6.07, 6.45) is -4.86. The predicted octanol–water partition coefficient (Wildman–Crippen LogP) is 3.30. The maximum Gasteiger partial charge on any atom is 0.417 e. The Hall–Kier alpha value is -2.68. The first kappa shape index (κ1) is 25.4. The molecule has 1 unspecified atom stereocenters. The van der Waals surface area contributed by atoms with E-state index in [-0.39, 0.29) is 23.0 Å². The fourth-order valence-electron chi connectivity index (χ4n) is 2.38. The first-order chi connectivity index (χ1) is 13.3. The van der Waals surface area contributed by atoms with E-state index in [1.54, 1.807) is 0 Å². The molecule has 12 heteroatoms. The molecule has 0 heterocycles. The van der Waals surface area contributed by atoms with Crippen LogP contribution in [-0.2, 0) is 20.8 Å². The number of aliphatic hydroxyl groups is 1. The van der Waals surface area contributed by atoms with E-state index < -0.39 is 50.2 Å². The number of hydrogen-bond acceptors (Lipinski definition) is 5. The van der Waals surface area contributed by atoms with Gasteiger partial charge < -0.3 is 10.4 Å². The summed E-state index contributed by atoms with van der Waals surface area (Å²) in [4.78, 5) is 11.9. The second kappa shape index (κ2) is 8.99. The lowest BCUT2D eigenvalue weighted by molar-refractivity contribution is -0.137. The molecule has 2 rings (SSSR count). The molecule has 0 saturated carbocycles. The zero-order chi connectivity index (χ0) is 22.0. The number of nitrogens with one attached hydrogen (secondary N) is 1. The van der Waals surface area contributed by atoms with E-state index in [9.17, 15) is 35.9 Å². The Morgan fingerprint density at radius 1 is 1.17 bits per heavy atom. The summed E-state index contributed by atoms with van der Waals surface area (Å²) in [6, 6.07) is 7.40. The number of nitriles is 1. The molecule has 0 aliphatic rings. The zero-order valence-corrected chi connectivity index (χ0v) is 16.8. The van der Waals surface area contributed by atoms with Gasteiger partial charge in [0.1, 0.15) is 5.82 Å². The van der Waals surface area contributed by atoms with E-state index in [1.807, 2.05) is 5.32 Å². The van der Waals surface area contributed by atoms with Crippen LogP contribution < -0.4 is 5.32 Å². The third-order valence-corrected chi connectivity index (χ3v) is 5.77. The molecule has 162 valence electrons. The first-order valence-corrected chi connectivity index (χ1v) is 9.55. The molecule has 1 amide bonds. The summed E-state index contributed by atoms with van der Waals surface area (Å²) in [7, 11) is -4.21. The largest absolute Gasteiger partial charge is 0.417 e. The van der Waals surface area contributed by atoms with Gasteiger partial charge in [0, 0.05) is 5.69 Å². The molecule has 0 bridgehead atoms. The van der Waals surface area contributed by atoms with Gasteiger partial charge in [-0.1, -0.05) is 0 Å². The van der Waals surface area contributed by atoms with Gasteiger partial charge >= 0.3 is 6.18 Å². The summed E-state index contributed by atoms with van der Waals surface area (Å²) >= 11 is 0. The molecule has 30 heavy (non-hydrogen) atoms. The molecule has 1 atom stereocenters. The number of nitrogens with zero attached hydrogens (tertiary/aromatic N) is 1. The molecular weight excluding hydrogens is 452 g/mol. The Kier molecular flexibility index (Phi) is 7.60. The predicted molar refractivity (Wildman–Crippen MR) is 101 cm³/mol. The molecule has 6 nitrogen and oxygen atoms in total. The lowest BCUT2D eigenvalue weighted by Crippen LogP contribution is -2.45. The number of hydrogen-bond donors (Lipinski definition) is 2. The smallest absolute Gasteiger partial charge is 0.379 e. The molecule has 0 aromatic heterocycles. The van der Waals surface area contributed by atoms with Crippen LogP contribution in [0.3, 0.4) is 0 Å². The number of carbonyl (C=O) groups is 1. The van der Waals surface area contributed by atoms with Crippen LogP contribution in [0.4, 0.5) is 23.2 Å². The molecule has 0 spiro atoms. The standard InChI is InChI=1S/C18H14F4N2O4S.ClH/c1-17(26,10-29(27,28)14-6-3-12(19)4-7-14)16(25)24-13-5-2-11(9-23)15(8-13)18(20,21)22;/h2-8,26H,10H2,1H3,(H,24,25);1H. The van der Waals surface area contributed by atoms with Gasteiger partial charge in [-0.3, -0.25) is 4.79 Å². The van der Waals surface area contributed by atoms with Crippen molar-refractivity contribution in [3.8, 4) is 6.07 Å². The van der Waals surface area contributed by atoms with Crippen molar-refractivity contribution < 1.29 is 35.9 Å². The highest BCUT2D eigenvalue weighted by Gasteiger charge is 2.38. The Labute approximate surface area is 175 Å². The van der Waals surface area contributed by atoms with Gasteiger partial charge in [0.2, 0.25) is 0 Å². The van der Waals surface area contributed by atoms with Crippen LogP contribution in [0.25, 0.3) is 0 Å². The second-order valence-corrected chi connectivity index (χ2v) is 8.30. The number of sulfone groups is 1. The minimum Gasteiger partial charge on any atom is -0.379 e. The van der Waals surface area contributed by atoms with Crippen molar-refractivity contribution in [3.63, 3.8) is 0 Å². The van der Waals surface area contributed by atoms with Crippen molar-refractivity contribution in [2.24, 2.45) is 0 Å². The number of rotatable bonds is 5. The van der Waals surface area contributed by atoms with Gasteiger partial charge in [-0.25, -0.2) is 12.8 Å². The summed E-state index contributed by atoms with van der Waals surface area (Å²) in [6.45, 7) is 0.873. The Balaban J connectivity index is 0.00000450. The normalized spacial score (nSPS) is 13.5. The maximum atomic E-state index is 13.0. The Morgan fingerprint density at radius 2 is 1.73 bits per heavy atom. The van der Waals surface area contributed by atoms with Gasteiger partial charge in [0.25, 0.3) is 5.91 Å². The van der Waals surface area contributed by atoms with Gasteiger partial charge in [-0.15, -0.1) is 12.4 Å². The highest BCUT2D eigenvalue weighted by molar-refractivity contribution is 7.91. The number of amides is 1. The third kappa shape index (κ3) is 5.91. The SMILES string of the molecule is CC(O)(CS(=O)(=O)c1ccc(F)cc1)C(=O)Nc1ccc(C#N)c(C(F)(F)F)c1.Cl. The van der Waals surface area contributed by atoms with Crippen LogP contribution in [0.15, 0.2) is 47.4 Å². The van der Waals surface area contributed by atoms with Crippen molar-refractivity contribution in [3.05, 3.63) is 59.4 Å². The molecule has 0 aliphatic heterocycles. The number of alkyl halides is 3. The Bertz CT molecular complexity index is 1080. The summed E-state index contributed by atoms with van der Waals surface area (Å²) in [5.41, 5.74) is -4.86. The molecule has 2 aromatic rings. The monoisotopic (exact) mass is 466 g/mol. The van der Waals surface area contributed by atoms with Crippen molar-refractivity contribution in [2.75, 3.05) is 11.1 Å². The van der Waals surface area contributed by atoms with E-state index in [4.69, 9.17) is 5.26 Å². The van der Waals surface area contributed by atoms with Crippen LogP contribution in [0.1, 0.15) is 18.1 Å². The van der Waals surface area contributed by atoms with Crippen molar-refractivity contribution in [1.29, 1.82) is 5.26 Å². The fraction of sp³-hybridized carbons (Fsp3) is 0.222. The van der Waals surface area contributed by atoms with Crippen LogP contribution in [-0.4, -0.2) is 30.8 Å². The highest BCUT2D eigenvalue weighted by atomic mass is 35.5. The minimum absolute atomic E-state index is 0. The quantitative estimate of drug-likeness (QED) is 0.519. The molecule has 0 saturated heterocycles. The summed E-state index contributed by atoms with van der Waals surface area (Å²) < 4.78 is 76.6. The van der Waals surface area contributed by atoms with Gasteiger partial charge in [-0.05, 0) is 49.4 Å². The van der Waals surface area contributed by atoms with Gasteiger partial charge in [0.05, 0.1) is 27.8 Å². The van der Waals surface area contributed by atoms with E-state index >= 15 is 0 Å². The number of anilines is 1. The van der Waals surface area contributed by atoms with Gasteiger partial charge in [-0.2, -0.15) is 18.4 Å². The molecule has 0 aliphatic carbocycles. The Morgan fingerprint density at radius 3 is 2.23 bits per heavy atom. The van der Waals surface area contributed by atoms with Crippen LogP contribution >= 0.6 is 12.4 Å². The molecule has 0 fully saturated rings. The van der Waals surface area contributed by atoms with Crippen LogP contribution in [0.2, 0.25) is 0 Å². The maximum absolute atomic E-state index is 13.0. The first-order valence-electron chi connectivity index (χ1n) is 7.90. The van der Waals surface area contributed by atoms with E-state index in [0.717, 1.165) is 43.3 Å². The van der Waals surface area contributed by atoms with Crippen molar-refractivity contribution >= 4 is 33.8 Å². The van der Waals surface area contributed by atoms with Crippen molar-refractivity contribution in [1.82, 2.24) is 0 Å². The van der Waals surface area contributed by atoms with Crippen LogP contribution in [0, 0.1) is 17.1 Å². The number of benzene rings is 2. The molecule has 0 radical (unpaired) electrons. The summed E-state index contributed by atoms with van der Waals surface area (Å²) in [5.74, 6) is -3.06. The van der Waals surface area contributed by atoms with Gasteiger partial charge in [0.15, 0.2) is 15.4 Å². The average molecular weight is 467 g/mol. The lowest BCUT2D eigenvalue weighted by atomic mass is 10.1. The molecule has 2 aromatic carbocycles. The summed E-state index contributed by atoms with van der Waals surface area (Å²) in [5, 5.41) is 21.1.